The summed E-state index contributed by atoms with van der Waals surface area (Å²) in [5, 5.41) is 0.881. The van der Waals surface area contributed by atoms with Crippen LogP contribution in [0.5, 0.6) is 0 Å². The second-order valence-corrected chi connectivity index (χ2v) is 13.5. The zero-order valence-electron chi connectivity index (χ0n) is 8.88. The van der Waals surface area contributed by atoms with Crippen molar-refractivity contribution in [2.45, 2.75) is 43.4 Å². The van der Waals surface area contributed by atoms with Gasteiger partial charge in [0.25, 0.3) is 0 Å². The van der Waals surface area contributed by atoms with E-state index in [4.69, 9.17) is 12.6 Å². The predicted octanol–water partition coefficient (Wildman–Crippen LogP) is 3.17. The SMILES string of the molecule is CC(C)[SH]1(C)(C(C)S)CCCC1. The van der Waals surface area contributed by atoms with Gasteiger partial charge in [-0.25, -0.2) is 0 Å². The largest absolute Gasteiger partial charge is 0.274 e. The maximum absolute atomic E-state index is 4.76. The Bertz CT molecular complexity index is 155. The van der Waals surface area contributed by atoms with Gasteiger partial charge in [0.05, 0.1) is 0 Å². The van der Waals surface area contributed by atoms with Crippen molar-refractivity contribution in [1.29, 1.82) is 0 Å². The van der Waals surface area contributed by atoms with Crippen molar-refractivity contribution < 1.29 is 0 Å². The average molecular weight is 208 g/mol. The van der Waals surface area contributed by atoms with Gasteiger partial charge in [0, 0.05) is 4.58 Å². The maximum atomic E-state index is 4.76. The van der Waals surface area contributed by atoms with E-state index < -0.39 is 9.16 Å². The second-order valence-electron chi connectivity index (χ2n) is 5.13. The molecule has 1 fully saturated rings. The third kappa shape index (κ3) is 1.31. The summed E-state index contributed by atoms with van der Waals surface area (Å²) in [6.07, 6.45) is 5.50. The molecular formula is C10H24S2. The fourth-order valence-corrected chi connectivity index (χ4v) is 9.18. The molecule has 1 unspecified atom stereocenters. The lowest BCUT2D eigenvalue weighted by molar-refractivity contribution is 0.949. The minimum absolute atomic E-state index is 0.651. The van der Waals surface area contributed by atoms with Crippen molar-refractivity contribution in [1.82, 2.24) is 0 Å². The topological polar surface area (TPSA) is 0 Å². The molecule has 1 aliphatic heterocycles. The Labute approximate surface area is 83.2 Å². The van der Waals surface area contributed by atoms with E-state index in [1.165, 1.54) is 24.3 Å². The maximum Gasteiger partial charge on any atom is 0.0164 e. The van der Waals surface area contributed by atoms with Crippen molar-refractivity contribution in [2.75, 3.05) is 17.8 Å². The van der Waals surface area contributed by atoms with Crippen LogP contribution < -0.4 is 0 Å². The molecule has 0 aromatic heterocycles. The van der Waals surface area contributed by atoms with Gasteiger partial charge in [0.2, 0.25) is 0 Å². The molecule has 0 amide bonds. The molecule has 0 spiro atoms. The van der Waals surface area contributed by atoms with Crippen LogP contribution in [0.15, 0.2) is 0 Å². The Morgan fingerprint density at radius 1 is 1.08 bits per heavy atom. The van der Waals surface area contributed by atoms with Crippen molar-refractivity contribution in [2.24, 2.45) is 0 Å². The molecule has 1 atom stereocenters. The molecule has 0 saturated carbocycles. The number of hydrogen-bond donors (Lipinski definition) is 2. The molecule has 0 aromatic rings. The van der Waals surface area contributed by atoms with Crippen LogP contribution in [0.1, 0.15) is 33.6 Å². The van der Waals surface area contributed by atoms with E-state index in [0.717, 1.165) is 5.25 Å². The monoisotopic (exact) mass is 208 g/mol. The third-order valence-corrected chi connectivity index (χ3v) is 15.1. The predicted molar refractivity (Wildman–Crippen MR) is 67.5 cm³/mol. The van der Waals surface area contributed by atoms with Crippen LogP contribution in [0.4, 0.5) is 0 Å². The molecule has 76 valence electrons. The first-order valence-corrected chi connectivity index (χ1v) is 8.79. The van der Waals surface area contributed by atoms with Crippen LogP contribution in [0, 0.1) is 0 Å². The summed E-state index contributed by atoms with van der Waals surface area (Å²) in [4.78, 5) is 0. The van der Waals surface area contributed by atoms with Crippen LogP contribution in [-0.2, 0) is 0 Å². The quantitative estimate of drug-likeness (QED) is 0.640. The third-order valence-electron chi connectivity index (χ3n) is 4.51. The van der Waals surface area contributed by atoms with Gasteiger partial charge >= 0.3 is 0 Å². The van der Waals surface area contributed by atoms with Crippen molar-refractivity contribution in [3.05, 3.63) is 0 Å². The molecule has 12 heavy (non-hydrogen) atoms. The lowest BCUT2D eigenvalue weighted by Crippen LogP contribution is -2.35. The molecule has 0 nitrogen and oxygen atoms in total. The van der Waals surface area contributed by atoms with Gasteiger partial charge in [0.1, 0.15) is 0 Å². The fourth-order valence-electron chi connectivity index (χ4n) is 2.56. The lowest BCUT2D eigenvalue weighted by Gasteiger charge is -2.62. The minimum atomic E-state index is -1.40. The fraction of sp³-hybridized carbons (Fsp3) is 1.00. The van der Waals surface area contributed by atoms with Gasteiger partial charge in [-0.2, -0.15) is 12.6 Å². The highest BCUT2D eigenvalue weighted by Crippen LogP contribution is 2.77. The zero-order valence-corrected chi connectivity index (χ0v) is 10.7. The van der Waals surface area contributed by atoms with Gasteiger partial charge in [-0.3, -0.25) is 9.16 Å². The van der Waals surface area contributed by atoms with Crippen LogP contribution in [0.3, 0.4) is 0 Å². The van der Waals surface area contributed by atoms with E-state index in [2.05, 4.69) is 27.0 Å². The van der Waals surface area contributed by atoms with E-state index in [0.29, 0.717) is 4.58 Å². The van der Waals surface area contributed by atoms with Crippen LogP contribution in [-0.4, -0.2) is 27.6 Å². The summed E-state index contributed by atoms with van der Waals surface area (Å²) in [7, 11) is -1.40. The van der Waals surface area contributed by atoms with E-state index in [9.17, 15) is 0 Å². The molecule has 1 heterocycles. The Kier molecular flexibility index (Phi) is 2.81. The van der Waals surface area contributed by atoms with Crippen LogP contribution in [0.2, 0.25) is 0 Å². The highest BCUT2D eigenvalue weighted by molar-refractivity contribution is 8.53. The number of hydrogen-bond acceptors (Lipinski definition) is 1. The first-order chi connectivity index (χ1) is 5.41. The van der Waals surface area contributed by atoms with Crippen LogP contribution in [0.25, 0.3) is 0 Å². The van der Waals surface area contributed by atoms with Crippen LogP contribution >= 0.6 is 21.8 Å². The Hall–Kier alpha value is 0.700. The summed E-state index contributed by atoms with van der Waals surface area (Å²) in [6, 6.07) is 0. The Morgan fingerprint density at radius 2 is 1.50 bits per heavy atom. The molecule has 0 radical (unpaired) electrons. The summed E-state index contributed by atoms with van der Waals surface area (Å²) >= 11 is 4.76. The molecule has 0 aliphatic carbocycles. The highest BCUT2D eigenvalue weighted by atomic mass is 32.3. The van der Waals surface area contributed by atoms with E-state index in [-0.39, 0.29) is 0 Å². The minimum Gasteiger partial charge on any atom is -0.274 e. The van der Waals surface area contributed by atoms with Gasteiger partial charge in [-0.05, 0) is 42.8 Å². The summed E-state index contributed by atoms with van der Waals surface area (Å²) in [5.41, 5.74) is 0. The second kappa shape index (κ2) is 3.13. The molecule has 0 bridgehead atoms. The molecule has 2 heteroatoms. The molecule has 0 aromatic carbocycles. The number of thiol groups is 2. The first-order valence-electron chi connectivity index (χ1n) is 5.09. The van der Waals surface area contributed by atoms with Gasteiger partial charge < -0.3 is 0 Å². The standard InChI is InChI=1S/C10H24S2/c1-9(2)12(4,10(3)11)7-5-6-8-12/h9-12H,5-8H2,1-4H3. The number of rotatable bonds is 2. The molecule has 1 aliphatic rings. The van der Waals surface area contributed by atoms with Crippen molar-refractivity contribution >= 4 is 21.8 Å². The summed E-state index contributed by atoms with van der Waals surface area (Å²) in [6.45, 7) is 7.15. The van der Waals surface area contributed by atoms with E-state index in [1.807, 2.05) is 0 Å². The molecular weight excluding hydrogens is 184 g/mol. The molecule has 1 rings (SSSR count). The van der Waals surface area contributed by atoms with Crippen molar-refractivity contribution in [3.8, 4) is 0 Å². The molecule has 1 saturated heterocycles. The van der Waals surface area contributed by atoms with E-state index >= 15 is 0 Å². The highest BCUT2D eigenvalue weighted by Gasteiger charge is 2.45. The normalized spacial score (nSPS) is 32.7. The average Bonchev–Trinajstić information content (AvgIpc) is 2.35. The van der Waals surface area contributed by atoms with Gasteiger partial charge in [0.15, 0.2) is 0 Å². The summed E-state index contributed by atoms with van der Waals surface area (Å²) in [5.74, 6) is 2.99. The zero-order chi connectivity index (χ0) is 9.43. The summed E-state index contributed by atoms with van der Waals surface area (Å²) < 4.78 is 0.651. The Morgan fingerprint density at radius 3 is 1.67 bits per heavy atom. The van der Waals surface area contributed by atoms with Crippen molar-refractivity contribution in [3.63, 3.8) is 0 Å². The van der Waals surface area contributed by atoms with Gasteiger partial charge in [-0.1, -0.05) is 13.8 Å². The Balaban J connectivity index is 2.99. The first kappa shape index (κ1) is 10.8. The smallest absolute Gasteiger partial charge is 0.0164 e. The van der Waals surface area contributed by atoms with Gasteiger partial charge in [-0.15, -0.1) is 0 Å². The van der Waals surface area contributed by atoms with E-state index in [1.54, 1.807) is 0 Å². The molecule has 0 N–H and O–H groups in total. The lowest BCUT2D eigenvalue weighted by atomic mass is 10.4.